The largest absolute Gasteiger partial charge is 0.489 e. The fraction of sp³-hybridized carbons (Fsp3) is 0.200. The van der Waals surface area contributed by atoms with Crippen LogP contribution in [-0.2, 0) is 13.2 Å². The minimum absolute atomic E-state index is 0.180. The highest BCUT2D eigenvalue weighted by Gasteiger charge is 2.12. The van der Waals surface area contributed by atoms with E-state index < -0.39 is 0 Å². The number of thiophene rings is 1. The molecule has 0 aliphatic carbocycles. The molecule has 0 bridgehead atoms. The number of nitrogens with one attached hydrogen (secondary N) is 1. The van der Waals surface area contributed by atoms with Gasteiger partial charge in [-0.25, -0.2) is 0 Å². The van der Waals surface area contributed by atoms with Gasteiger partial charge in [-0.05, 0) is 72.7 Å². The lowest BCUT2D eigenvalue weighted by molar-refractivity contribution is 0.103. The SMILES string of the molecule is Cc1cc(C)c(C)c(OCc2csc(C(=O)Nc3ccn(Cc4ccc(Cl)cc4)n3)c2)c1. The van der Waals surface area contributed by atoms with Crippen LogP contribution in [0, 0.1) is 20.8 Å². The molecular formula is C25H24ClN3O2S. The Balaban J connectivity index is 1.35. The van der Waals surface area contributed by atoms with E-state index in [0.29, 0.717) is 28.9 Å². The third-order valence-electron chi connectivity index (χ3n) is 5.18. The van der Waals surface area contributed by atoms with E-state index in [-0.39, 0.29) is 5.91 Å². The zero-order valence-electron chi connectivity index (χ0n) is 18.2. The van der Waals surface area contributed by atoms with Crippen LogP contribution in [0.1, 0.15) is 37.5 Å². The van der Waals surface area contributed by atoms with Gasteiger partial charge < -0.3 is 10.1 Å². The summed E-state index contributed by atoms with van der Waals surface area (Å²) in [6.07, 6.45) is 1.84. The van der Waals surface area contributed by atoms with Gasteiger partial charge in [0.25, 0.3) is 5.91 Å². The average molecular weight is 466 g/mol. The van der Waals surface area contributed by atoms with E-state index >= 15 is 0 Å². The molecule has 0 saturated heterocycles. The summed E-state index contributed by atoms with van der Waals surface area (Å²) in [5, 5.41) is 9.95. The Labute approximate surface area is 196 Å². The van der Waals surface area contributed by atoms with Crippen LogP contribution in [0.3, 0.4) is 0 Å². The van der Waals surface area contributed by atoms with Crippen molar-refractivity contribution >= 4 is 34.7 Å². The Morgan fingerprint density at radius 3 is 2.66 bits per heavy atom. The van der Waals surface area contributed by atoms with Gasteiger partial charge in [-0.15, -0.1) is 11.3 Å². The van der Waals surface area contributed by atoms with E-state index in [0.717, 1.165) is 22.4 Å². The second kappa shape index (κ2) is 9.59. The first-order valence-electron chi connectivity index (χ1n) is 10.2. The lowest BCUT2D eigenvalue weighted by Gasteiger charge is -2.11. The van der Waals surface area contributed by atoms with Gasteiger partial charge in [0.05, 0.1) is 11.4 Å². The van der Waals surface area contributed by atoms with Crippen LogP contribution in [0.4, 0.5) is 5.82 Å². The molecule has 0 aliphatic rings. The number of nitrogens with zero attached hydrogens (tertiary/aromatic N) is 2. The molecule has 0 unspecified atom stereocenters. The first kappa shape index (κ1) is 22.1. The van der Waals surface area contributed by atoms with Crippen LogP contribution >= 0.6 is 22.9 Å². The molecule has 1 N–H and O–H groups in total. The van der Waals surface area contributed by atoms with Crippen LogP contribution in [0.15, 0.2) is 60.1 Å². The molecule has 0 spiro atoms. The molecule has 0 fully saturated rings. The Kier molecular flexibility index (Phi) is 6.63. The average Bonchev–Trinajstić information content (AvgIpc) is 3.41. The molecule has 4 rings (SSSR count). The molecule has 0 atom stereocenters. The van der Waals surface area contributed by atoms with Gasteiger partial charge in [-0.1, -0.05) is 29.8 Å². The number of carbonyl (C=O) groups excluding carboxylic acids is 1. The number of halogens is 1. The lowest BCUT2D eigenvalue weighted by Crippen LogP contribution is -2.11. The summed E-state index contributed by atoms with van der Waals surface area (Å²) >= 11 is 7.32. The van der Waals surface area contributed by atoms with E-state index in [1.54, 1.807) is 10.7 Å². The van der Waals surface area contributed by atoms with Gasteiger partial charge in [0.1, 0.15) is 12.4 Å². The van der Waals surface area contributed by atoms with Crippen molar-refractivity contribution in [3.63, 3.8) is 0 Å². The number of hydrogen-bond donors (Lipinski definition) is 1. The molecule has 0 aliphatic heterocycles. The quantitative estimate of drug-likeness (QED) is 0.343. The molecule has 4 aromatic rings. The Hall–Kier alpha value is -3.09. The zero-order valence-corrected chi connectivity index (χ0v) is 19.8. The van der Waals surface area contributed by atoms with Gasteiger partial charge in [-0.3, -0.25) is 9.48 Å². The fourth-order valence-corrected chi connectivity index (χ4v) is 4.27. The minimum atomic E-state index is -0.180. The summed E-state index contributed by atoms with van der Waals surface area (Å²) < 4.78 is 7.79. The van der Waals surface area contributed by atoms with E-state index in [9.17, 15) is 4.79 Å². The number of rotatable bonds is 7. The lowest BCUT2D eigenvalue weighted by atomic mass is 10.1. The van der Waals surface area contributed by atoms with E-state index in [1.807, 2.05) is 48.0 Å². The maximum atomic E-state index is 12.6. The standard InChI is InChI=1S/C25H24ClN3O2S/c1-16-10-17(2)18(3)22(11-16)31-14-20-12-23(32-15-20)25(30)27-24-8-9-29(28-24)13-19-4-6-21(26)7-5-19/h4-12,15H,13-14H2,1-3H3,(H,27,28,30). The van der Waals surface area contributed by atoms with Gasteiger partial charge in [-0.2, -0.15) is 5.10 Å². The van der Waals surface area contributed by atoms with Crippen molar-refractivity contribution in [1.82, 2.24) is 9.78 Å². The maximum Gasteiger partial charge on any atom is 0.266 e. The van der Waals surface area contributed by atoms with E-state index in [1.165, 1.54) is 22.5 Å². The molecule has 2 heterocycles. The molecule has 7 heteroatoms. The van der Waals surface area contributed by atoms with Gasteiger partial charge >= 0.3 is 0 Å². The van der Waals surface area contributed by atoms with Crippen molar-refractivity contribution in [2.24, 2.45) is 0 Å². The van der Waals surface area contributed by atoms with Crippen molar-refractivity contribution in [3.05, 3.63) is 97.8 Å². The smallest absolute Gasteiger partial charge is 0.266 e. The highest BCUT2D eigenvalue weighted by molar-refractivity contribution is 7.12. The molecule has 0 radical (unpaired) electrons. The summed E-state index contributed by atoms with van der Waals surface area (Å²) in [6, 6.07) is 15.4. The summed E-state index contributed by atoms with van der Waals surface area (Å²) in [5.74, 6) is 1.22. The van der Waals surface area contributed by atoms with Gasteiger partial charge in [0.15, 0.2) is 5.82 Å². The predicted octanol–water partition coefficient (Wildman–Crippen LogP) is 6.40. The van der Waals surface area contributed by atoms with Crippen molar-refractivity contribution < 1.29 is 9.53 Å². The van der Waals surface area contributed by atoms with Crippen molar-refractivity contribution in [2.75, 3.05) is 5.32 Å². The second-order valence-electron chi connectivity index (χ2n) is 7.79. The Bertz CT molecular complexity index is 1240. The van der Waals surface area contributed by atoms with Crippen molar-refractivity contribution in [3.8, 4) is 5.75 Å². The van der Waals surface area contributed by atoms with Crippen LogP contribution in [0.2, 0.25) is 5.02 Å². The fourth-order valence-electron chi connectivity index (χ4n) is 3.35. The summed E-state index contributed by atoms with van der Waals surface area (Å²) in [5.41, 5.74) is 5.56. The molecular weight excluding hydrogens is 442 g/mol. The molecule has 5 nitrogen and oxygen atoms in total. The molecule has 1 amide bonds. The highest BCUT2D eigenvalue weighted by Crippen LogP contribution is 2.25. The number of amides is 1. The third kappa shape index (κ3) is 5.39. The summed E-state index contributed by atoms with van der Waals surface area (Å²) in [7, 11) is 0. The van der Waals surface area contributed by atoms with E-state index in [2.05, 4.69) is 37.3 Å². The number of hydrogen-bond acceptors (Lipinski definition) is 4. The topological polar surface area (TPSA) is 56.1 Å². The number of carbonyl (C=O) groups is 1. The Morgan fingerprint density at radius 1 is 1.09 bits per heavy atom. The monoisotopic (exact) mass is 465 g/mol. The number of ether oxygens (including phenoxy) is 1. The third-order valence-corrected chi connectivity index (χ3v) is 6.41. The zero-order chi connectivity index (χ0) is 22.7. The first-order valence-corrected chi connectivity index (χ1v) is 11.5. The second-order valence-corrected chi connectivity index (χ2v) is 9.14. The van der Waals surface area contributed by atoms with E-state index in [4.69, 9.17) is 16.3 Å². The number of aryl methyl sites for hydroxylation is 2. The predicted molar refractivity (Wildman–Crippen MR) is 130 cm³/mol. The molecule has 32 heavy (non-hydrogen) atoms. The molecule has 2 aromatic heterocycles. The Morgan fingerprint density at radius 2 is 1.88 bits per heavy atom. The molecule has 0 saturated carbocycles. The van der Waals surface area contributed by atoms with Crippen LogP contribution in [0.5, 0.6) is 5.75 Å². The number of aromatic nitrogens is 2. The van der Waals surface area contributed by atoms with Gasteiger partial charge in [0.2, 0.25) is 0 Å². The molecule has 2 aromatic carbocycles. The van der Waals surface area contributed by atoms with Crippen LogP contribution in [-0.4, -0.2) is 15.7 Å². The first-order chi connectivity index (χ1) is 15.4. The van der Waals surface area contributed by atoms with Crippen molar-refractivity contribution in [1.29, 1.82) is 0 Å². The summed E-state index contributed by atoms with van der Waals surface area (Å²) in [4.78, 5) is 13.3. The van der Waals surface area contributed by atoms with Crippen molar-refractivity contribution in [2.45, 2.75) is 33.9 Å². The number of benzene rings is 2. The molecule has 164 valence electrons. The van der Waals surface area contributed by atoms with Crippen LogP contribution < -0.4 is 10.1 Å². The van der Waals surface area contributed by atoms with Crippen LogP contribution in [0.25, 0.3) is 0 Å². The van der Waals surface area contributed by atoms with Gasteiger partial charge in [0, 0.05) is 22.8 Å². The summed E-state index contributed by atoms with van der Waals surface area (Å²) in [6.45, 7) is 7.22. The minimum Gasteiger partial charge on any atom is -0.489 e. The highest BCUT2D eigenvalue weighted by atomic mass is 35.5. The number of anilines is 1. The normalized spacial score (nSPS) is 10.9. The maximum absolute atomic E-state index is 12.6.